The fourth-order valence-corrected chi connectivity index (χ4v) is 2.47. The number of nitrogens with zero attached hydrogens (tertiary/aromatic N) is 2. The molecule has 1 fully saturated rings. The molecule has 0 aromatic rings. The van der Waals surface area contributed by atoms with Gasteiger partial charge in [0, 0.05) is 44.7 Å². The van der Waals surface area contributed by atoms with Crippen molar-refractivity contribution >= 4 is 12.3 Å². The molecule has 0 unspecified atom stereocenters. The van der Waals surface area contributed by atoms with Crippen molar-refractivity contribution in [3.8, 4) is 0 Å². The molecule has 25 heavy (non-hydrogen) atoms. The molecule has 1 saturated heterocycles. The van der Waals surface area contributed by atoms with E-state index < -0.39 is 0 Å². The van der Waals surface area contributed by atoms with Crippen LogP contribution in [0.4, 0.5) is 0 Å². The fourth-order valence-electron chi connectivity index (χ4n) is 2.47. The summed E-state index contributed by atoms with van der Waals surface area (Å²) < 4.78 is 0. The highest BCUT2D eigenvalue weighted by molar-refractivity contribution is 5.81. The van der Waals surface area contributed by atoms with Crippen molar-refractivity contribution in [2.45, 2.75) is 53.9 Å². The summed E-state index contributed by atoms with van der Waals surface area (Å²) in [6.07, 6.45) is 4.03. The maximum absolute atomic E-state index is 11.7. The van der Waals surface area contributed by atoms with Gasteiger partial charge in [-0.25, -0.2) is 0 Å². The molecule has 6 nitrogen and oxygen atoms in total. The summed E-state index contributed by atoms with van der Waals surface area (Å²) in [7, 11) is 0. The van der Waals surface area contributed by atoms with Crippen molar-refractivity contribution in [2.24, 2.45) is 5.41 Å². The molecule has 0 aliphatic carbocycles. The maximum Gasteiger partial charge on any atom is 0.225 e. The largest absolute Gasteiger partial charge is 0.359 e. The second-order valence-corrected chi connectivity index (χ2v) is 7.68. The van der Waals surface area contributed by atoms with Crippen molar-refractivity contribution in [1.82, 2.24) is 20.4 Å². The first-order valence-corrected chi connectivity index (χ1v) is 9.75. The summed E-state index contributed by atoms with van der Waals surface area (Å²) in [5, 5.41) is 5.70. The van der Waals surface area contributed by atoms with Gasteiger partial charge < -0.3 is 20.4 Å². The first kappa shape index (κ1) is 23.9. The van der Waals surface area contributed by atoms with Gasteiger partial charge in [-0.15, -0.1) is 0 Å². The van der Waals surface area contributed by atoms with Crippen LogP contribution < -0.4 is 10.6 Å². The van der Waals surface area contributed by atoms with Crippen LogP contribution in [-0.4, -0.2) is 74.5 Å². The Hall–Kier alpha value is -1.14. The zero-order valence-corrected chi connectivity index (χ0v) is 17.1. The predicted octanol–water partition coefficient (Wildman–Crippen LogP) is 1.71. The highest BCUT2D eigenvalue weighted by Gasteiger charge is 2.20. The molecular formula is C19H40N4O2. The Kier molecular flexibility index (Phi) is 13.4. The Labute approximate surface area is 154 Å². The summed E-state index contributed by atoms with van der Waals surface area (Å²) in [5.74, 6) is 0.126. The number of carbonyl (C=O) groups excluding carboxylic acids is 2. The van der Waals surface area contributed by atoms with E-state index in [0.29, 0.717) is 0 Å². The second kappa shape index (κ2) is 14.1. The van der Waals surface area contributed by atoms with Crippen LogP contribution in [0, 0.1) is 5.41 Å². The Bertz CT molecular complexity index is 348. The summed E-state index contributed by atoms with van der Waals surface area (Å²) in [4.78, 5) is 26.8. The quantitative estimate of drug-likeness (QED) is 0.488. The van der Waals surface area contributed by atoms with E-state index >= 15 is 0 Å². The fraction of sp³-hybridized carbons (Fsp3) is 0.895. The molecule has 1 aliphatic heterocycles. The third-order valence-electron chi connectivity index (χ3n) is 3.96. The molecular weight excluding hydrogens is 316 g/mol. The number of hydrogen-bond donors (Lipinski definition) is 2. The van der Waals surface area contributed by atoms with Crippen LogP contribution in [0.5, 0.6) is 0 Å². The number of carbonyl (C=O) groups is 2. The first-order valence-electron chi connectivity index (χ1n) is 9.75. The van der Waals surface area contributed by atoms with Gasteiger partial charge in [-0.1, -0.05) is 41.0 Å². The standard InChI is InChI=1S/C16H32N4O2.C3H8/c1-16(2,3)15(22)18-7-5-9-20-12-10-19(11-13-20)8-4-6-17-14-21;1-3-2/h14H,4-13H2,1-3H3,(H,17,21)(H,18,22);3H2,1-2H3. The SMILES string of the molecule is CC(C)(C)C(=O)NCCCN1CCN(CCCNC=O)CC1.CCC. The van der Waals surface area contributed by atoms with E-state index in [1.54, 1.807) is 0 Å². The van der Waals surface area contributed by atoms with Gasteiger partial charge in [0.25, 0.3) is 0 Å². The van der Waals surface area contributed by atoms with E-state index in [-0.39, 0.29) is 11.3 Å². The van der Waals surface area contributed by atoms with Crippen LogP contribution in [0.15, 0.2) is 0 Å². The summed E-state index contributed by atoms with van der Waals surface area (Å²) in [6, 6.07) is 0. The lowest BCUT2D eigenvalue weighted by atomic mass is 9.96. The molecule has 0 bridgehead atoms. The lowest BCUT2D eigenvalue weighted by Crippen LogP contribution is -2.47. The molecule has 6 heteroatoms. The highest BCUT2D eigenvalue weighted by Crippen LogP contribution is 2.12. The number of nitrogens with one attached hydrogen (secondary N) is 2. The van der Waals surface area contributed by atoms with E-state index in [9.17, 15) is 9.59 Å². The minimum Gasteiger partial charge on any atom is -0.359 e. The lowest BCUT2D eigenvalue weighted by molar-refractivity contribution is -0.128. The van der Waals surface area contributed by atoms with Crippen LogP contribution in [0.2, 0.25) is 0 Å². The molecule has 148 valence electrons. The van der Waals surface area contributed by atoms with E-state index in [2.05, 4.69) is 34.3 Å². The third kappa shape index (κ3) is 12.8. The minimum absolute atomic E-state index is 0.126. The van der Waals surface area contributed by atoms with Gasteiger partial charge in [-0.3, -0.25) is 9.59 Å². The average molecular weight is 357 g/mol. The van der Waals surface area contributed by atoms with Gasteiger partial charge in [-0.05, 0) is 25.9 Å². The summed E-state index contributed by atoms with van der Waals surface area (Å²) in [6.45, 7) is 18.0. The van der Waals surface area contributed by atoms with Crippen molar-refractivity contribution in [3.63, 3.8) is 0 Å². The molecule has 1 aliphatic rings. The number of amides is 2. The monoisotopic (exact) mass is 356 g/mol. The lowest BCUT2D eigenvalue weighted by Gasteiger charge is -2.34. The van der Waals surface area contributed by atoms with E-state index in [4.69, 9.17) is 0 Å². The summed E-state index contributed by atoms with van der Waals surface area (Å²) >= 11 is 0. The Morgan fingerprint density at radius 1 is 0.960 bits per heavy atom. The third-order valence-corrected chi connectivity index (χ3v) is 3.96. The zero-order valence-electron chi connectivity index (χ0n) is 17.1. The van der Waals surface area contributed by atoms with Crippen molar-refractivity contribution < 1.29 is 9.59 Å². The Balaban J connectivity index is 0.00000178. The van der Waals surface area contributed by atoms with E-state index in [1.807, 2.05) is 20.8 Å². The molecule has 1 heterocycles. The van der Waals surface area contributed by atoms with Crippen LogP contribution in [0.25, 0.3) is 0 Å². The van der Waals surface area contributed by atoms with Gasteiger partial charge in [0.15, 0.2) is 0 Å². The molecule has 0 radical (unpaired) electrons. The van der Waals surface area contributed by atoms with Crippen molar-refractivity contribution in [2.75, 3.05) is 52.4 Å². The van der Waals surface area contributed by atoms with Gasteiger partial charge in [0.2, 0.25) is 12.3 Å². The van der Waals surface area contributed by atoms with Crippen molar-refractivity contribution in [3.05, 3.63) is 0 Å². The Morgan fingerprint density at radius 3 is 1.80 bits per heavy atom. The molecule has 0 atom stereocenters. The van der Waals surface area contributed by atoms with Gasteiger partial charge in [-0.2, -0.15) is 0 Å². The maximum atomic E-state index is 11.7. The molecule has 0 aromatic heterocycles. The molecule has 0 spiro atoms. The highest BCUT2D eigenvalue weighted by atomic mass is 16.2. The molecule has 2 amide bonds. The predicted molar refractivity (Wildman–Crippen MR) is 105 cm³/mol. The van der Waals surface area contributed by atoms with Gasteiger partial charge in [0.1, 0.15) is 0 Å². The summed E-state index contributed by atoms with van der Waals surface area (Å²) in [5.41, 5.74) is -0.301. The van der Waals surface area contributed by atoms with Crippen molar-refractivity contribution in [1.29, 1.82) is 0 Å². The Morgan fingerprint density at radius 2 is 1.40 bits per heavy atom. The normalized spacial score (nSPS) is 15.9. The second-order valence-electron chi connectivity index (χ2n) is 7.68. The van der Waals surface area contributed by atoms with E-state index in [0.717, 1.165) is 71.6 Å². The first-order chi connectivity index (χ1) is 11.8. The van der Waals surface area contributed by atoms with Crippen LogP contribution in [0.3, 0.4) is 0 Å². The van der Waals surface area contributed by atoms with Gasteiger partial charge >= 0.3 is 0 Å². The van der Waals surface area contributed by atoms with Crippen LogP contribution >= 0.6 is 0 Å². The number of piperazine rings is 1. The number of hydrogen-bond acceptors (Lipinski definition) is 4. The topological polar surface area (TPSA) is 64.7 Å². The molecule has 2 N–H and O–H groups in total. The zero-order chi connectivity index (χ0) is 19.1. The number of rotatable bonds is 9. The smallest absolute Gasteiger partial charge is 0.225 e. The van der Waals surface area contributed by atoms with Gasteiger partial charge in [0.05, 0.1) is 0 Å². The van der Waals surface area contributed by atoms with E-state index in [1.165, 1.54) is 6.42 Å². The van der Waals surface area contributed by atoms with Crippen LogP contribution in [0.1, 0.15) is 53.9 Å². The minimum atomic E-state index is -0.301. The molecule has 0 aromatic carbocycles. The average Bonchev–Trinajstić information content (AvgIpc) is 2.56. The van der Waals surface area contributed by atoms with Crippen LogP contribution in [-0.2, 0) is 9.59 Å². The molecule has 0 saturated carbocycles. The molecule has 1 rings (SSSR count).